The zero-order valence-corrected chi connectivity index (χ0v) is 19.2. The van der Waals surface area contributed by atoms with Crippen molar-refractivity contribution in [3.63, 3.8) is 0 Å². The van der Waals surface area contributed by atoms with Crippen molar-refractivity contribution in [2.45, 2.75) is 49.0 Å². The summed E-state index contributed by atoms with van der Waals surface area (Å²) in [5.41, 5.74) is 7.49. The van der Waals surface area contributed by atoms with Crippen molar-refractivity contribution in [2.75, 3.05) is 24.1 Å². The first-order valence-electron chi connectivity index (χ1n) is 11.5. The van der Waals surface area contributed by atoms with Gasteiger partial charge in [-0.15, -0.1) is 0 Å². The highest BCUT2D eigenvalue weighted by molar-refractivity contribution is 6.33. The van der Waals surface area contributed by atoms with Gasteiger partial charge in [-0.1, -0.05) is 36.4 Å². The first-order valence-corrected chi connectivity index (χ1v) is 11.5. The molecule has 0 aromatic heterocycles. The molecule has 2 aromatic carbocycles. The molecular weight excluding hydrogens is 472 g/mol. The van der Waals surface area contributed by atoms with Gasteiger partial charge in [-0.05, 0) is 24.3 Å². The van der Waals surface area contributed by atoms with E-state index >= 15 is 0 Å². The number of hydrogen-bond donors (Lipinski definition) is 7. The Morgan fingerprint density at radius 1 is 0.917 bits per heavy atom. The first-order chi connectivity index (χ1) is 17.5. The van der Waals surface area contributed by atoms with Crippen molar-refractivity contribution in [3.8, 4) is 0 Å². The van der Waals surface area contributed by atoms with E-state index in [1.54, 1.807) is 0 Å². The quantitative estimate of drug-likeness (QED) is 0.175. The molecule has 36 heavy (non-hydrogen) atoms. The lowest BCUT2D eigenvalue weighted by Gasteiger charge is -2.41. The number of hydrogen-bond acceptors (Lipinski definition) is 12. The largest absolute Gasteiger partial charge is 0.394 e. The lowest BCUT2D eigenvalue weighted by Crippen LogP contribution is -2.60. The van der Waals surface area contributed by atoms with E-state index in [1.165, 1.54) is 6.21 Å². The second-order valence-corrected chi connectivity index (χ2v) is 8.37. The molecule has 0 unspecified atom stereocenters. The molecule has 2 aliphatic heterocycles. The SMILES string of the molecule is OC[C@@H]1O[C@H](O[C@@H]2[C@H](O)CO[C@@H]2C(/C=N/Nc2ccccc2)=N/Nc2ccccc2)[C@H](O)[C@H](O)[C@@H]1O. The topological polar surface area (TPSA) is 178 Å². The summed E-state index contributed by atoms with van der Waals surface area (Å²) in [5.74, 6) is 0. The van der Waals surface area contributed by atoms with Gasteiger partial charge in [0.2, 0.25) is 0 Å². The Bertz CT molecular complexity index is 1010. The zero-order valence-electron chi connectivity index (χ0n) is 19.2. The van der Waals surface area contributed by atoms with Gasteiger partial charge in [0.1, 0.15) is 48.4 Å². The third-order valence-electron chi connectivity index (χ3n) is 5.81. The molecular formula is C24H30N4O8. The Balaban J connectivity index is 1.54. The van der Waals surface area contributed by atoms with Crippen LogP contribution in [-0.2, 0) is 14.2 Å². The van der Waals surface area contributed by atoms with Crippen molar-refractivity contribution in [3.05, 3.63) is 60.7 Å². The van der Waals surface area contributed by atoms with Gasteiger partial charge in [-0.25, -0.2) is 0 Å². The molecule has 0 saturated carbocycles. The molecule has 194 valence electrons. The number of aliphatic hydroxyl groups excluding tert-OH is 5. The summed E-state index contributed by atoms with van der Waals surface area (Å²) in [5, 5.41) is 59.1. The third kappa shape index (κ3) is 6.24. The Morgan fingerprint density at radius 3 is 2.19 bits per heavy atom. The minimum absolute atomic E-state index is 0.100. The van der Waals surface area contributed by atoms with E-state index in [-0.39, 0.29) is 12.3 Å². The van der Waals surface area contributed by atoms with Gasteiger partial charge < -0.3 is 39.7 Å². The summed E-state index contributed by atoms with van der Waals surface area (Å²) in [6.45, 7) is -0.708. The molecule has 4 rings (SSSR count). The second kappa shape index (κ2) is 12.3. The molecule has 7 N–H and O–H groups in total. The molecule has 12 nitrogen and oxygen atoms in total. The van der Waals surface area contributed by atoms with Gasteiger partial charge in [-0.3, -0.25) is 10.9 Å². The molecule has 8 atom stereocenters. The maximum Gasteiger partial charge on any atom is 0.187 e. The fourth-order valence-corrected chi connectivity index (χ4v) is 3.84. The van der Waals surface area contributed by atoms with E-state index in [0.29, 0.717) is 5.69 Å². The monoisotopic (exact) mass is 502 g/mol. The van der Waals surface area contributed by atoms with Crippen LogP contribution >= 0.6 is 0 Å². The summed E-state index contributed by atoms with van der Waals surface area (Å²) >= 11 is 0. The standard InChI is InChI=1S/C24H30N4O8/c29-12-18-19(31)20(32)21(33)24(35-18)36-23-17(30)13-34-22(23)16(28-27-15-9-5-2-6-10-15)11-25-26-14-7-3-1-4-8-14/h1-11,17-24,26-27,29-33H,12-13H2/b25-11+,28-16+/t17-,18+,19-,20-,21-,22-,23-,24-/m1/s1. The van der Waals surface area contributed by atoms with Crippen molar-refractivity contribution in [2.24, 2.45) is 10.2 Å². The van der Waals surface area contributed by atoms with E-state index in [9.17, 15) is 25.5 Å². The number of ether oxygens (including phenoxy) is 3. The molecule has 0 bridgehead atoms. The molecule has 0 spiro atoms. The van der Waals surface area contributed by atoms with Crippen LogP contribution in [0.4, 0.5) is 11.4 Å². The van der Waals surface area contributed by atoms with Gasteiger partial charge in [0.25, 0.3) is 0 Å². The van der Waals surface area contributed by atoms with Crippen LogP contribution in [0.3, 0.4) is 0 Å². The van der Waals surface area contributed by atoms with Crippen LogP contribution in [0.15, 0.2) is 70.9 Å². The summed E-state index contributed by atoms with van der Waals surface area (Å²) in [7, 11) is 0. The van der Waals surface area contributed by atoms with E-state index in [4.69, 9.17) is 14.2 Å². The van der Waals surface area contributed by atoms with Crippen molar-refractivity contribution in [1.29, 1.82) is 0 Å². The lowest BCUT2D eigenvalue weighted by molar-refractivity contribution is -0.316. The van der Waals surface area contributed by atoms with Gasteiger partial charge in [0, 0.05) is 0 Å². The zero-order chi connectivity index (χ0) is 25.5. The van der Waals surface area contributed by atoms with Crippen LogP contribution < -0.4 is 10.9 Å². The van der Waals surface area contributed by atoms with Gasteiger partial charge in [-0.2, -0.15) is 10.2 Å². The van der Waals surface area contributed by atoms with Crippen LogP contribution in [0.25, 0.3) is 0 Å². The summed E-state index contributed by atoms with van der Waals surface area (Å²) in [6.07, 6.45) is -9.13. The Hall–Kier alpha value is -2.94. The molecule has 2 heterocycles. The Labute approximate surface area is 207 Å². The number of nitrogens with zero attached hydrogens (tertiary/aromatic N) is 2. The van der Waals surface area contributed by atoms with Crippen molar-refractivity contribution >= 4 is 23.3 Å². The highest BCUT2D eigenvalue weighted by atomic mass is 16.7. The minimum atomic E-state index is -1.63. The highest BCUT2D eigenvalue weighted by Gasteiger charge is 2.48. The number of para-hydroxylation sites is 2. The molecule has 2 saturated heterocycles. The highest BCUT2D eigenvalue weighted by Crippen LogP contribution is 2.27. The third-order valence-corrected chi connectivity index (χ3v) is 5.81. The van der Waals surface area contributed by atoms with Gasteiger partial charge in [0.05, 0.1) is 30.8 Å². The molecule has 2 aliphatic rings. The average Bonchev–Trinajstić information content (AvgIpc) is 3.27. The number of aliphatic hydroxyl groups is 5. The maximum atomic E-state index is 10.6. The first kappa shape index (κ1) is 26.1. The van der Waals surface area contributed by atoms with Crippen LogP contribution in [-0.4, -0.2) is 99.7 Å². The van der Waals surface area contributed by atoms with E-state index in [1.807, 2.05) is 60.7 Å². The number of nitrogens with one attached hydrogen (secondary N) is 2. The van der Waals surface area contributed by atoms with Crippen LogP contribution in [0.1, 0.15) is 0 Å². The second-order valence-electron chi connectivity index (χ2n) is 8.37. The number of anilines is 2. The molecule has 0 aliphatic carbocycles. The Kier molecular flexibility index (Phi) is 8.96. The molecule has 0 amide bonds. The predicted octanol–water partition coefficient (Wildman–Crippen LogP) is -0.503. The maximum absolute atomic E-state index is 10.6. The normalized spacial score (nSPS) is 33.1. The molecule has 2 aromatic rings. The lowest BCUT2D eigenvalue weighted by atomic mass is 9.99. The van der Waals surface area contributed by atoms with Crippen molar-refractivity contribution in [1.82, 2.24) is 0 Å². The van der Waals surface area contributed by atoms with Crippen LogP contribution in [0.2, 0.25) is 0 Å². The Morgan fingerprint density at radius 2 is 1.56 bits per heavy atom. The molecule has 12 heteroatoms. The van der Waals surface area contributed by atoms with Gasteiger partial charge in [0.15, 0.2) is 6.29 Å². The molecule has 0 radical (unpaired) electrons. The smallest absolute Gasteiger partial charge is 0.187 e. The van der Waals surface area contributed by atoms with E-state index in [0.717, 1.165) is 5.69 Å². The predicted molar refractivity (Wildman–Crippen MR) is 130 cm³/mol. The van der Waals surface area contributed by atoms with Crippen molar-refractivity contribution < 1.29 is 39.7 Å². The van der Waals surface area contributed by atoms with E-state index in [2.05, 4.69) is 21.1 Å². The number of benzene rings is 2. The number of hydrazone groups is 2. The van der Waals surface area contributed by atoms with Gasteiger partial charge >= 0.3 is 0 Å². The van der Waals surface area contributed by atoms with Crippen LogP contribution in [0.5, 0.6) is 0 Å². The van der Waals surface area contributed by atoms with Crippen LogP contribution in [0, 0.1) is 0 Å². The summed E-state index contributed by atoms with van der Waals surface area (Å²) in [6, 6.07) is 18.4. The van der Waals surface area contributed by atoms with E-state index < -0.39 is 55.6 Å². The summed E-state index contributed by atoms with van der Waals surface area (Å²) in [4.78, 5) is 0. The fraction of sp³-hybridized carbons (Fsp3) is 0.417. The summed E-state index contributed by atoms with van der Waals surface area (Å²) < 4.78 is 17.0. The fourth-order valence-electron chi connectivity index (χ4n) is 3.84. The average molecular weight is 503 g/mol. The molecule has 2 fully saturated rings. The minimum Gasteiger partial charge on any atom is -0.394 e. The number of rotatable bonds is 9.